The summed E-state index contributed by atoms with van der Waals surface area (Å²) in [6.07, 6.45) is 6.24. The summed E-state index contributed by atoms with van der Waals surface area (Å²) < 4.78 is 12.6. The van der Waals surface area contributed by atoms with Crippen molar-refractivity contribution in [3.05, 3.63) is 34.4 Å². The van der Waals surface area contributed by atoms with Gasteiger partial charge in [0, 0.05) is 11.8 Å². The highest BCUT2D eigenvalue weighted by Crippen LogP contribution is 2.67. The molecule has 3 aliphatic carbocycles. The van der Waals surface area contributed by atoms with E-state index in [1.165, 1.54) is 36.8 Å². The molecule has 5 unspecified atom stereocenters. The Morgan fingerprint density at radius 3 is 2.52 bits per heavy atom. The van der Waals surface area contributed by atoms with Gasteiger partial charge in [0.15, 0.2) is 5.79 Å². The van der Waals surface area contributed by atoms with E-state index < -0.39 is 0 Å². The standard InChI is InChI=1S/C23H32O2/c1-14-11-17-5-6-19-18(20(17)12-15(14)2)7-8-22(4)21(19)16(3)13-23(22)24-9-10-25-23/h11-12,16,18-19,21H,5-10,13H2,1-4H3. The average molecular weight is 341 g/mol. The van der Waals surface area contributed by atoms with Gasteiger partial charge in [-0.1, -0.05) is 26.0 Å². The quantitative estimate of drug-likeness (QED) is 0.650. The summed E-state index contributed by atoms with van der Waals surface area (Å²) in [6, 6.07) is 4.99. The first-order chi connectivity index (χ1) is 12.0. The molecule has 1 aromatic rings. The van der Waals surface area contributed by atoms with E-state index in [0.29, 0.717) is 5.92 Å². The van der Waals surface area contributed by atoms with Gasteiger partial charge in [0.1, 0.15) is 0 Å². The van der Waals surface area contributed by atoms with Crippen LogP contribution in [0.25, 0.3) is 0 Å². The lowest BCUT2D eigenvalue weighted by atomic mass is 9.53. The van der Waals surface area contributed by atoms with Crippen LogP contribution in [0.3, 0.4) is 0 Å². The molecule has 1 heterocycles. The van der Waals surface area contributed by atoms with E-state index in [1.807, 2.05) is 0 Å². The number of hydrogen-bond donors (Lipinski definition) is 0. The molecule has 3 fully saturated rings. The van der Waals surface area contributed by atoms with Gasteiger partial charge in [-0.15, -0.1) is 0 Å². The minimum atomic E-state index is -0.286. The third-order valence-corrected chi connectivity index (χ3v) is 8.42. The largest absolute Gasteiger partial charge is 0.347 e. The van der Waals surface area contributed by atoms with Gasteiger partial charge >= 0.3 is 0 Å². The fraction of sp³-hybridized carbons (Fsp3) is 0.739. The molecule has 2 heteroatoms. The zero-order valence-electron chi connectivity index (χ0n) is 16.2. The Hall–Kier alpha value is -0.860. The SMILES string of the molecule is Cc1cc2c(cc1C)C1CCC3(C)C(C(C)CC34OCCO4)C1CC2. The normalized spacial score (nSPS) is 41.4. The van der Waals surface area contributed by atoms with E-state index >= 15 is 0 Å². The molecule has 2 saturated carbocycles. The lowest BCUT2D eigenvalue weighted by molar-refractivity contribution is -0.237. The molecule has 0 N–H and O–H groups in total. The van der Waals surface area contributed by atoms with Gasteiger partial charge in [-0.2, -0.15) is 0 Å². The third-order valence-electron chi connectivity index (χ3n) is 8.42. The van der Waals surface area contributed by atoms with Crippen molar-refractivity contribution in [2.24, 2.45) is 23.2 Å². The van der Waals surface area contributed by atoms with Gasteiger partial charge in [-0.3, -0.25) is 0 Å². The zero-order valence-corrected chi connectivity index (χ0v) is 16.2. The summed E-state index contributed by atoms with van der Waals surface area (Å²) >= 11 is 0. The molecule has 0 amide bonds. The second-order valence-corrected chi connectivity index (χ2v) is 9.56. The van der Waals surface area contributed by atoms with Crippen molar-refractivity contribution in [2.45, 2.75) is 71.5 Å². The lowest BCUT2D eigenvalue weighted by Gasteiger charge is -2.53. The van der Waals surface area contributed by atoms with Crippen LogP contribution in [-0.4, -0.2) is 19.0 Å². The number of ether oxygens (including phenoxy) is 2. The van der Waals surface area contributed by atoms with Gasteiger partial charge < -0.3 is 9.47 Å². The van der Waals surface area contributed by atoms with Gasteiger partial charge in [0.25, 0.3) is 0 Å². The van der Waals surface area contributed by atoms with Crippen molar-refractivity contribution < 1.29 is 9.47 Å². The topological polar surface area (TPSA) is 18.5 Å². The van der Waals surface area contributed by atoms with Crippen molar-refractivity contribution >= 4 is 0 Å². The van der Waals surface area contributed by atoms with E-state index in [1.54, 1.807) is 11.1 Å². The highest BCUT2D eigenvalue weighted by Gasteiger charge is 2.67. The molecule has 1 spiro atoms. The van der Waals surface area contributed by atoms with E-state index in [-0.39, 0.29) is 11.2 Å². The summed E-state index contributed by atoms with van der Waals surface area (Å²) in [5.74, 6) is 2.70. The van der Waals surface area contributed by atoms with Gasteiger partial charge in [0.05, 0.1) is 13.2 Å². The Kier molecular flexibility index (Phi) is 3.48. The molecule has 0 radical (unpaired) electrons. The van der Waals surface area contributed by atoms with Crippen LogP contribution in [0.1, 0.15) is 67.7 Å². The number of benzene rings is 1. The van der Waals surface area contributed by atoms with Crippen LogP contribution < -0.4 is 0 Å². The Labute approximate surface area is 152 Å². The van der Waals surface area contributed by atoms with E-state index in [2.05, 4.69) is 39.8 Å². The molecule has 0 bridgehead atoms. The lowest BCUT2D eigenvalue weighted by Crippen LogP contribution is -2.51. The van der Waals surface area contributed by atoms with Crippen LogP contribution in [-0.2, 0) is 15.9 Å². The van der Waals surface area contributed by atoms with Crippen LogP contribution in [0, 0.1) is 37.0 Å². The average Bonchev–Trinajstić information content (AvgIpc) is 3.13. The van der Waals surface area contributed by atoms with Crippen molar-refractivity contribution in [3.8, 4) is 0 Å². The molecule has 1 saturated heterocycles. The molecule has 136 valence electrons. The maximum absolute atomic E-state index is 6.31. The summed E-state index contributed by atoms with van der Waals surface area (Å²) in [5.41, 5.74) is 6.41. The van der Waals surface area contributed by atoms with Crippen LogP contribution in [0.2, 0.25) is 0 Å². The molecule has 1 aliphatic heterocycles. The Balaban J connectivity index is 1.55. The van der Waals surface area contributed by atoms with Crippen LogP contribution >= 0.6 is 0 Å². The number of rotatable bonds is 0. The molecule has 2 nitrogen and oxygen atoms in total. The highest BCUT2D eigenvalue weighted by molar-refractivity contribution is 5.42. The monoisotopic (exact) mass is 340 g/mol. The molecule has 0 aromatic heterocycles. The number of aryl methyl sites for hydroxylation is 3. The predicted octanol–water partition coefficient (Wildman–Crippen LogP) is 5.15. The van der Waals surface area contributed by atoms with Crippen LogP contribution in [0.15, 0.2) is 12.1 Å². The van der Waals surface area contributed by atoms with Crippen molar-refractivity contribution in [3.63, 3.8) is 0 Å². The van der Waals surface area contributed by atoms with E-state index in [4.69, 9.17) is 9.47 Å². The maximum atomic E-state index is 6.31. The first-order valence-corrected chi connectivity index (χ1v) is 10.3. The van der Waals surface area contributed by atoms with Gasteiger partial charge in [0.2, 0.25) is 0 Å². The molecule has 5 atom stereocenters. The summed E-state index contributed by atoms with van der Waals surface area (Å²) in [5, 5.41) is 0. The van der Waals surface area contributed by atoms with Crippen molar-refractivity contribution in [2.75, 3.05) is 13.2 Å². The first-order valence-electron chi connectivity index (χ1n) is 10.3. The number of fused-ring (bicyclic) bond motifs is 6. The van der Waals surface area contributed by atoms with Crippen LogP contribution in [0.5, 0.6) is 0 Å². The molecular weight excluding hydrogens is 308 g/mol. The number of hydrogen-bond acceptors (Lipinski definition) is 2. The Morgan fingerprint density at radius 2 is 1.76 bits per heavy atom. The van der Waals surface area contributed by atoms with Gasteiger partial charge in [-0.25, -0.2) is 0 Å². The fourth-order valence-electron chi connectivity index (χ4n) is 7.29. The molecule has 25 heavy (non-hydrogen) atoms. The summed E-state index contributed by atoms with van der Waals surface area (Å²) in [7, 11) is 0. The third kappa shape index (κ3) is 2.04. The zero-order chi connectivity index (χ0) is 17.4. The molecular formula is C23H32O2. The highest BCUT2D eigenvalue weighted by atomic mass is 16.7. The second-order valence-electron chi connectivity index (χ2n) is 9.56. The van der Waals surface area contributed by atoms with E-state index in [0.717, 1.165) is 37.4 Å². The predicted molar refractivity (Wildman–Crippen MR) is 99.7 cm³/mol. The molecule has 4 aliphatic rings. The van der Waals surface area contributed by atoms with Crippen molar-refractivity contribution in [1.29, 1.82) is 0 Å². The fourth-order valence-corrected chi connectivity index (χ4v) is 7.29. The van der Waals surface area contributed by atoms with Gasteiger partial charge in [-0.05, 0) is 85.5 Å². The van der Waals surface area contributed by atoms with E-state index in [9.17, 15) is 0 Å². The maximum Gasteiger partial charge on any atom is 0.174 e. The second kappa shape index (κ2) is 5.33. The van der Waals surface area contributed by atoms with Crippen molar-refractivity contribution in [1.82, 2.24) is 0 Å². The smallest absolute Gasteiger partial charge is 0.174 e. The summed E-state index contributed by atoms with van der Waals surface area (Å²) in [6.45, 7) is 11.0. The minimum Gasteiger partial charge on any atom is -0.347 e. The Morgan fingerprint density at radius 1 is 1.04 bits per heavy atom. The first kappa shape index (κ1) is 16.3. The minimum absolute atomic E-state index is 0.196. The molecule has 5 rings (SSSR count). The molecule has 1 aromatic carbocycles. The Bertz CT molecular complexity index is 702. The summed E-state index contributed by atoms with van der Waals surface area (Å²) in [4.78, 5) is 0. The van der Waals surface area contributed by atoms with Crippen LogP contribution in [0.4, 0.5) is 0 Å².